The van der Waals surface area contributed by atoms with Crippen LogP contribution in [0, 0.1) is 5.92 Å². The van der Waals surface area contributed by atoms with Crippen LogP contribution in [0.4, 0.5) is 23.7 Å². The number of pyridine rings is 1. The zero-order valence-corrected chi connectivity index (χ0v) is 20.4. The van der Waals surface area contributed by atoms with Crippen LogP contribution in [0.2, 0.25) is 0 Å². The molecule has 39 heavy (non-hydrogen) atoms. The lowest BCUT2D eigenvalue weighted by atomic mass is 9.93. The number of nitrogens with one attached hydrogen (secondary N) is 1. The van der Waals surface area contributed by atoms with E-state index in [4.69, 9.17) is 16.2 Å². The van der Waals surface area contributed by atoms with E-state index in [9.17, 15) is 37.5 Å². The summed E-state index contributed by atoms with van der Waals surface area (Å²) in [6, 6.07) is 10.1. The van der Waals surface area contributed by atoms with Gasteiger partial charge in [0.05, 0.1) is 18.0 Å². The number of hydrogen-bond acceptors (Lipinski definition) is 6. The average Bonchev–Trinajstić information content (AvgIpc) is 3.22. The number of aliphatic carboxylic acids is 1. The van der Waals surface area contributed by atoms with Crippen LogP contribution in [0.25, 0.3) is 22.0 Å². The van der Waals surface area contributed by atoms with E-state index in [1.54, 1.807) is 0 Å². The quantitative estimate of drug-likeness (QED) is 0.319. The molecule has 206 valence electrons. The lowest BCUT2D eigenvalue weighted by molar-refractivity contribution is -0.144. The molecule has 1 aliphatic rings. The van der Waals surface area contributed by atoms with Gasteiger partial charge in [-0.25, -0.2) is 4.79 Å². The predicted octanol–water partition coefficient (Wildman–Crippen LogP) is 3.22. The molecule has 6 N–H and O–H groups in total. The zero-order chi connectivity index (χ0) is 28.5. The van der Waals surface area contributed by atoms with E-state index in [0.717, 1.165) is 6.07 Å². The van der Waals surface area contributed by atoms with Crippen LogP contribution >= 0.6 is 0 Å². The third-order valence-corrected chi connectivity index (χ3v) is 6.49. The third kappa shape index (κ3) is 6.20. The molecule has 3 atom stereocenters. The molecule has 1 saturated heterocycles. The van der Waals surface area contributed by atoms with Crippen molar-refractivity contribution < 1.29 is 37.4 Å². The number of H-pyrrole nitrogens is 1. The highest BCUT2D eigenvalue weighted by molar-refractivity contribution is 5.94. The van der Waals surface area contributed by atoms with Crippen molar-refractivity contribution in [3.63, 3.8) is 0 Å². The number of amides is 2. The van der Waals surface area contributed by atoms with E-state index in [-0.39, 0.29) is 42.5 Å². The molecular weight excluding hydrogens is 521 g/mol. The Bertz CT molecular complexity index is 1490. The summed E-state index contributed by atoms with van der Waals surface area (Å²) in [6.45, 7) is 0.0700. The monoisotopic (exact) mass is 546 g/mol. The van der Waals surface area contributed by atoms with Crippen LogP contribution in [0.3, 0.4) is 0 Å². The van der Waals surface area contributed by atoms with E-state index in [2.05, 4.69) is 4.98 Å². The number of halogens is 3. The Morgan fingerprint density at radius 2 is 1.87 bits per heavy atom. The predicted molar refractivity (Wildman–Crippen MR) is 135 cm³/mol. The number of hydrogen-bond donors (Lipinski definition) is 4. The summed E-state index contributed by atoms with van der Waals surface area (Å²) in [7, 11) is 0. The number of aromatic nitrogens is 1. The molecule has 0 spiro atoms. The summed E-state index contributed by atoms with van der Waals surface area (Å²) >= 11 is 0. The van der Waals surface area contributed by atoms with Crippen LogP contribution in [-0.4, -0.2) is 46.8 Å². The fourth-order valence-electron chi connectivity index (χ4n) is 4.69. The Morgan fingerprint density at radius 1 is 1.15 bits per heavy atom. The van der Waals surface area contributed by atoms with Crippen LogP contribution in [0.5, 0.6) is 0 Å². The first-order chi connectivity index (χ1) is 18.3. The number of cyclic esters (lactones) is 1. The number of ether oxygens (including phenoxy) is 1. The molecule has 1 fully saturated rings. The van der Waals surface area contributed by atoms with Crippen molar-refractivity contribution in [3.05, 3.63) is 64.4 Å². The average molecular weight is 547 g/mol. The van der Waals surface area contributed by atoms with Crippen LogP contribution in [-0.2, 0) is 20.5 Å². The Labute approximate surface area is 219 Å². The van der Waals surface area contributed by atoms with Gasteiger partial charge in [0.2, 0.25) is 5.91 Å². The van der Waals surface area contributed by atoms with Gasteiger partial charge in [-0.15, -0.1) is 0 Å². The molecule has 3 aromatic rings. The zero-order valence-electron chi connectivity index (χ0n) is 20.4. The molecule has 2 amide bonds. The first-order valence-electron chi connectivity index (χ1n) is 11.9. The van der Waals surface area contributed by atoms with E-state index in [1.165, 1.54) is 47.4 Å². The number of nitrogens with zero attached hydrogens (tertiary/aromatic N) is 1. The highest BCUT2D eigenvalue weighted by Gasteiger charge is 2.35. The minimum atomic E-state index is -4.61. The number of anilines is 1. The lowest BCUT2D eigenvalue weighted by Gasteiger charge is -2.19. The van der Waals surface area contributed by atoms with Crippen molar-refractivity contribution in [2.45, 2.75) is 37.6 Å². The molecule has 0 bridgehead atoms. The molecule has 13 heteroatoms. The number of carbonyl (C=O) groups excluding carboxylic acids is 2. The number of benzene rings is 2. The maximum atomic E-state index is 13.5. The number of fused-ring (bicyclic) bond motifs is 1. The minimum absolute atomic E-state index is 0.00110. The van der Waals surface area contributed by atoms with Gasteiger partial charge in [-0.1, -0.05) is 24.3 Å². The van der Waals surface area contributed by atoms with Gasteiger partial charge in [-0.2, -0.15) is 13.2 Å². The van der Waals surface area contributed by atoms with Gasteiger partial charge in [0.1, 0.15) is 6.10 Å². The fraction of sp³-hybridized carbons (Fsp3) is 0.308. The van der Waals surface area contributed by atoms with Crippen molar-refractivity contribution in [2.24, 2.45) is 17.4 Å². The molecule has 0 radical (unpaired) electrons. The fourth-order valence-corrected chi connectivity index (χ4v) is 4.69. The molecule has 1 aromatic heterocycles. The molecule has 1 aliphatic heterocycles. The summed E-state index contributed by atoms with van der Waals surface area (Å²) in [4.78, 5) is 51.7. The highest BCUT2D eigenvalue weighted by Crippen LogP contribution is 2.37. The molecule has 2 heterocycles. The summed E-state index contributed by atoms with van der Waals surface area (Å²) in [5.41, 5.74) is 9.78. The Balaban J connectivity index is 1.53. The van der Waals surface area contributed by atoms with Crippen LogP contribution in [0.1, 0.15) is 24.8 Å². The van der Waals surface area contributed by atoms with Gasteiger partial charge in [0.15, 0.2) is 0 Å². The standard InChI is InChI=1S/C26H25F3N4O6/c27-26(28,29)20-4-2-1-3-18(20)21-8-13-5-6-16(11-19(13)23(35)32-21)33-12-17(39-25(33)38)10-15(30)7-14(24(36)37)9-22(31)34/h1-6,8,11,14-15,17H,7,9-10,12,30H2,(H2,31,34)(H,32,35)(H,36,37)/t14?,15?,17-/m1/s1. The van der Waals surface area contributed by atoms with E-state index < -0.39 is 53.3 Å². The van der Waals surface area contributed by atoms with E-state index >= 15 is 0 Å². The minimum Gasteiger partial charge on any atom is -0.481 e. The van der Waals surface area contributed by atoms with E-state index in [0.29, 0.717) is 11.1 Å². The smallest absolute Gasteiger partial charge is 0.417 e. The van der Waals surface area contributed by atoms with Crippen LogP contribution in [0.15, 0.2) is 53.3 Å². The van der Waals surface area contributed by atoms with Gasteiger partial charge in [0, 0.05) is 41.2 Å². The second kappa shape index (κ2) is 10.8. The van der Waals surface area contributed by atoms with Crippen molar-refractivity contribution >= 4 is 34.4 Å². The van der Waals surface area contributed by atoms with Crippen molar-refractivity contribution in [1.29, 1.82) is 0 Å². The highest BCUT2D eigenvalue weighted by atomic mass is 19.4. The number of alkyl halides is 3. The first kappa shape index (κ1) is 27.6. The summed E-state index contributed by atoms with van der Waals surface area (Å²) in [5.74, 6) is -3.04. The Morgan fingerprint density at radius 3 is 2.54 bits per heavy atom. The molecule has 2 aromatic carbocycles. The third-order valence-electron chi connectivity index (χ3n) is 6.49. The number of carboxylic acids is 1. The molecule has 0 saturated carbocycles. The largest absolute Gasteiger partial charge is 0.481 e. The summed E-state index contributed by atoms with van der Waals surface area (Å²) in [6.07, 6.45) is -6.28. The van der Waals surface area contributed by atoms with Crippen molar-refractivity contribution in [2.75, 3.05) is 11.4 Å². The topological polar surface area (TPSA) is 169 Å². The number of carbonyl (C=O) groups is 3. The number of aromatic amines is 1. The van der Waals surface area contributed by atoms with Gasteiger partial charge < -0.3 is 26.3 Å². The van der Waals surface area contributed by atoms with Gasteiger partial charge >= 0.3 is 18.2 Å². The second-order valence-electron chi connectivity index (χ2n) is 9.38. The molecular formula is C26H25F3N4O6. The summed E-state index contributed by atoms with van der Waals surface area (Å²) in [5, 5.41) is 9.80. The van der Waals surface area contributed by atoms with E-state index in [1.807, 2.05) is 0 Å². The lowest BCUT2D eigenvalue weighted by Crippen LogP contribution is -2.34. The second-order valence-corrected chi connectivity index (χ2v) is 9.38. The number of rotatable bonds is 9. The van der Waals surface area contributed by atoms with Crippen molar-refractivity contribution in [3.8, 4) is 11.3 Å². The Kier molecular flexibility index (Phi) is 7.63. The van der Waals surface area contributed by atoms with Crippen molar-refractivity contribution in [1.82, 2.24) is 4.98 Å². The first-order valence-corrected chi connectivity index (χ1v) is 11.9. The SMILES string of the molecule is NC(=O)CC(CC(N)C[C@@H]1CN(c2ccc3cc(-c4ccccc4C(F)(F)F)[nH]c(=O)c3c2)C(=O)O1)C(=O)O. The maximum Gasteiger partial charge on any atom is 0.417 e. The van der Waals surface area contributed by atoms with Crippen LogP contribution < -0.4 is 21.9 Å². The molecule has 4 rings (SSSR count). The van der Waals surface area contributed by atoms with Gasteiger partial charge in [0.25, 0.3) is 5.56 Å². The maximum absolute atomic E-state index is 13.5. The van der Waals surface area contributed by atoms with Gasteiger partial charge in [-0.3, -0.25) is 19.3 Å². The number of nitrogens with two attached hydrogens (primary N) is 2. The Hall–Kier alpha value is -4.39. The number of carboxylic acid groups (broad SMARTS) is 1. The molecule has 0 aliphatic carbocycles. The van der Waals surface area contributed by atoms with Gasteiger partial charge in [-0.05, 0) is 36.1 Å². The number of primary amides is 1. The summed E-state index contributed by atoms with van der Waals surface area (Å²) < 4.78 is 45.8. The molecule has 10 nitrogen and oxygen atoms in total. The molecule has 2 unspecified atom stereocenters. The normalized spacial score (nSPS) is 17.2.